The number of carboxylic acid groups (broad SMARTS) is 2. The van der Waals surface area contributed by atoms with Crippen molar-refractivity contribution in [3.63, 3.8) is 0 Å². The van der Waals surface area contributed by atoms with Gasteiger partial charge in [0.2, 0.25) is 0 Å². The number of aliphatic hydroxyl groups is 1. The first-order valence-electron chi connectivity index (χ1n) is 9.65. The van der Waals surface area contributed by atoms with Crippen LogP contribution in [0.5, 0.6) is 0 Å². The van der Waals surface area contributed by atoms with E-state index in [1.54, 1.807) is 19.2 Å². The zero-order valence-corrected chi connectivity index (χ0v) is 18.7. The SMILES string of the molecule is CNCc1cc(-c2cccc(CO)c2F)n(S(=O)(=O)c2cccnc2)c1.O=C(O)/C=C/C(=O)O. The second-order valence-corrected chi connectivity index (χ2v) is 8.52. The molecular weight excluding hydrogens is 469 g/mol. The van der Waals surface area contributed by atoms with E-state index < -0.39 is 34.4 Å². The third kappa shape index (κ3) is 6.57. The third-order valence-electron chi connectivity index (χ3n) is 4.31. The number of halogens is 1. The van der Waals surface area contributed by atoms with E-state index in [-0.39, 0.29) is 21.7 Å². The monoisotopic (exact) mass is 491 g/mol. The molecule has 0 aliphatic rings. The number of carbonyl (C=O) groups is 2. The maximum absolute atomic E-state index is 14.7. The van der Waals surface area contributed by atoms with Crippen LogP contribution in [0, 0.1) is 5.82 Å². The van der Waals surface area contributed by atoms with Crippen LogP contribution in [0.2, 0.25) is 0 Å². The van der Waals surface area contributed by atoms with Crippen LogP contribution in [0.3, 0.4) is 0 Å². The highest BCUT2D eigenvalue weighted by molar-refractivity contribution is 7.90. The summed E-state index contributed by atoms with van der Waals surface area (Å²) in [6, 6.07) is 9.10. The van der Waals surface area contributed by atoms with Gasteiger partial charge in [0.25, 0.3) is 10.0 Å². The van der Waals surface area contributed by atoms with Crippen LogP contribution in [-0.4, -0.2) is 51.7 Å². The highest BCUT2D eigenvalue weighted by atomic mass is 32.2. The second kappa shape index (κ2) is 11.8. The Morgan fingerprint density at radius 3 is 2.35 bits per heavy atom. The van der Waals surface area contributed by atoms with Gasteiger partial charge in [0.15, 0.2) is 0 Å². The summed E-state index contributed by atoms with van der Waals surface area (Å²) in [4.78, 5) is 23.0. The summed E-state index contributed by atoms with van der Waals surface area (Å²) in [6.07, 6.45) is 5.30. The number of benzene rings is 1. The molecule has 0 radical (unpaired) electrons. The molecule has 0 amide bonds. The van der Waals surface area contributed by atoms with Gasteiger partial charge < -0.3 is 20.6 Å². The van der Waals surface area contributed by atoms with Gasteiger partial charge in [-0.15, -0.1) is 0 Å². The Morgan fingerprint density at radius 2 is 1.82 bits per heavy atom. The van der Waals surface area contributed by atoms with E-state index in [2.05, 4.69) is 10.3 Å². The van der Waals surface area contributed by atoms with Crippen LogP contribution in [0.25, 0.3) is 11.3 Å². The van der Waals surface area contributed by atoms with Crippen LogP contribution in [0.1, 0.15) is 11.1 Å². The van der Waals surface area contributed by atoms with Crippen molar-refractivity contribution in [1.29, 1.82) is 0 Å². The molecule has 0 fully saturated rings. The molecule has 3 aromatic rings. The number of nitrogens with one attached hydrogen (secondary N) is 1. The first-order valence-corrected chi connectivity index (χ1v) is 11.1. The Bertz CT molecular complexity index is 1270. The second-order valence-electron chi connectivity index (χ2n) is 6.70. The number of aromatic nitrogens is 2. The van der Waals surface area contributed by atoms with Gasteiger partial charge in [-0.3, -0.25) is 4.98 Å². The van der Waals surface area contributed by atoms with E-state index in [9.17, 15) is 27.5 Å². The lowest BCUT2D eigenvalue weighted by Gasteiger charge is -2.12. The van der Waals surface area contributed by atoms with E-state index in [4.69, 9.17) is 10.2 Å². The van der Waals surface area contributed by atoms with Crippen molar-refractivity contribution in [2.24, 2.45) is 0 Å². The fourth-order valence-corrected chi connectivity index (χ4v) is 4.20. The van der Waals surface area contributed by atoms with Gasteiger partial charge in [0, 0.05) is 48.4 Å². The Morgan fingerprint density at radius 1 is 1.15 bits per heavy atom. The lowest BCUT2D eigenvalue weighted by atomic mass is 10.1. The van der Waals surface area contributed by atoms with Gasteiger partial charge >= 0.3 is 11.9 Å². The molecular formula is C22H22FN3O7S. The molecule has 4 N–H and O–H groups in total. The lowest BCUT2D eigenvalue weighted by molar-refractivity contribution is -0.134. The maximum Gasteiger partial charge on any atom is 0.328 e. The minimum atomic E-state index is -3.95. The molecule has 0 spiro atoms. The average Bonchev–Trinajstić information content (AvgIpc) is 3.24. The van der Waals surface area contributed by atoms with Crippen molar-refractivity contribution in [2.45, 2.75) is 18.0 Å². The van der Waals surface area contributed by atoms with E-state index >= 15 is 0 Å². The molecule has 12 heteroatoms. The number of rotatable bonds is 8. The number of hydrogen-bond acceptors (Lipinski definition) is 7. The van der Waals surface area contributed by atoms with Crippen molar-refractivity contribution in [2.75, 3.05) is 7.05 Å². The van der Waals surface area contributed by atoms with Gasteiger partial charge in [0.05, 0.1) is 12.3 Å². The lowest BCUT2D eigenvalue weighted by Crippen LogP contribution is -2.14. The quantitative estimate of drug-likeness (QED) is 0.345. The van der Waals surface area contributed by atoms with Gasteiger partial charge in [-0.1, -0.05) is 12.1 Å². The molecule has 0 unspecified atom stereocenters. The van der Waals surface area contributed by atoms with Crippen molar-refractivity contribution >= 4 is 22.0 Å². The van der Waals surface area contributed by atoms with Crippen LogP contribution in [0.15, 0.2) is 72.0 Å². The molecule has 1 aromatic carbocycles. The fraction of sp³-hybridized carbons (Fsp3) is 0.136. The summed E-state index contributed by atoms with van der Waals surface area (Å²) >= 11 is 0. The van der Waals surface area contributed by atoms with Gasteiger partial charge in [0.1, 0.15) is 10.7 Å². The predicted molar refractivity (Wildman–Crippen MR) is 120 cm³/mol. The van der Waals surface area contributed by atoms with Crippen molar-refractivity contribution < 1.29 is 37.7 Å². The molecule has 0 saturated carbocycles. The number of carboxylic acids is 2. The molecule has 0 aliphatic carbocycles. The number of nitrogens with zero attached hydrogens (tertiary/aromatic N) is 2. The fourth-order valence-electron chi connectivity index (χ4n) is 2.85. The highest BCUT2D eigenvalue weighted by Crippen LogP contribution is 2.30. The van der Waals surface area contributed by atoms with Crippen molar-refractivity contribution in [3.05, 3.63) is 84.1 Å². The number of pyridine rings is 1. The first kappa shape index (κ1) is 26.4. The maximum atomic E-state index is 14.7. The van der Waals surface area contributed by atoms with E-state index in [0.717, 1.165) is 3.97 Å². The van der Waals surface area contributed by atoms with Crippen molar-refractivity contribution in [1.82, 2.24) is 14.3 Å². The Balaban J connectivity index is 0.000000440. The van der Waals surface area contributed by atoms with Crippen LogP contribution in [0.4, 0.5) is 4.39 Å². The molecule has 2 aromatic heterocycles. The molecule has 10 nitrogen and oxygen atoms in total. The predicted octanol–water partition coefficient (Wildman–Crippen LogP) is 1.85. The molecule has 3 rings (SSSR count). The normalized spacial score (nSPS) is 11.1. The zero-order valence-electron chi connectivity index (χ0n) is 17.9. The summed E-state index contributed by atoms with van der Waals surface area (Å²) in [7, 11) is -2.22. The Labute approximate surface area is 194 Å². The standard InChI is InChI=1S/C18H18FN3O3S.C4H4O4/c1-20-9-13-8-17(16-6-2-4-14(12-23)18(16)19)22(11-13)26(24,25)15-5-3-7-21-10-15;5-3(6)1-2-4(7)8/h2-8,10-11,20,23H,9,12H2,1H3;1-2H,(H,5,6)(H,7,8)/b;2-1+. The van der Waals surface area contributed by atoms with Crippen LogP contribution in [-0.2, 0) is 32.8 Å². The molecule has 0 aliphatic heterocycles. The van der Waals surface area contributed by atoms with Gasteiger partial charge in [-0.05, 0) is 36.9 Å². The molecule has 0 bridgehead atoms. The van der Waals surface area contributed by atoms with Crippen molar-refractivity contribution in [3.8, 4) is 11.3 Å². The Kier molecular flexibility index (Phi) is 9.18. The number of aliphatic carboxylic acids is 2. The minimum absolute atomic E-state index is 0.00609. The molecule has 34 heavy (non-hydrogen) atoms. The summed E-state index contributed by atoms with van der Waals surface area (Å²) in [5, 5.41) is 27.9. The highest BCUT2D eigenvalue weighted by Gasteiger charge is 2.24. The average molecular weight is 491 g/mol. The van der Waals surface area contributed by atoms with E-state index in [1.807, 2.05) is 0 Å². The largest absolute Gasteiger partial charge is 0.478 e. The minimum Gasteiger partial charge on any atom is -0.478 e. The van der Waals surface area contributed by atoms with Crippen LogP contribution >= 0.6 is 0 Å². The third-order valence-corrected chi connectivity index (χ3v) is 5.97. The molecule has 180 valence electrons. The molecule has 0 atom stereocenters. The first-order chi connectivity index (χ1) is 16.1. The van der Waals surface area contributed by atoms with Crippen LogP contribution < -0.4 is 5.32 Å². The molecule has 0 saturated heterocycles. The Hall–Kier alpha value is -3.87. The molecule has 2 heterocycles. The number of aliphatic hydroxyl groups excluding tert-OH is 1. The number of hydrogen-bond donors (Lipinski definition) is 4. The summed E-state index contributed by atoms with van der Waals surface area (Å²) < 4.78 is 41.9. The van der Waals surface area contributed by atoms with E-state index in [0.29, 0.717) is 24.3 Å². The topological polar surface area (TPSA) is 159 Å². The van der Waals surface area contributed by atoms with Gasteiger partial charge in [-0.2, -0.15) is 0 Å². The van der Waals surface area contributed by atoms with E-state index in [1.165, 1.54) is 42.9 Å². The summed E-state index contributed by atoms with van der Waals surface area (Å²) in [6.45, 7) is -0.0526. The van der Waals surface area contributed by atoms with Gasteiger partial charge in [-0.25, -0.2) is 26.4 Å². The zero-order chi connectivity index (χ0) is 25.3. The smallest absolute Gasteiger partial charge is 0.328 e. The summed E-state index contributed by atoms with van der Waals surface area (Å²) in [5.74, 6) is -3.16. The summed E-state index contributed by atoms with van der Waals surface area (Å²) in [5.41, 5.74) is 1.08.